The lowest BCUT2D eigenvalue weighted by Gasteiger charge is -2.06. The lowest BCUT2D eigenvalue weighted by Crippen LogP contribution is -2.04. The summed E-state index contributed by atoms with van der Waals surface area (Å²) in [6, 6.07) is 3.56. The highest BCUT2D eigenvalue weighted by molar-refractivity contribution is 5.33. The van der Waals surface area contributed by atoms with E-state index in [4.69, 9.17) is 5.73 Å². The summed E-state index contributed by atoms with van der Waals surface area (Å²) in [6.07, 6.45) is 0.346. The second-order valence-electron chi connectivity index (χ2n) is 3.97. The Labute approximate surface area is 97.9 Å². The van der Waals surface area contributed by atoms with Gasteiger partial charge in [-0.15, -0.1) is 0 Å². The average Bonchev–Trinajstić information content (AvgIpc) is 2.48. The molecular weight excluding hydrogens is 224 g/mol. The monoisotopic (exact) mass is 237 g/mol. The van der Waals surface area contributed by atoms with E-state index in [0.717, 1.165) is 17.5 Å². The number of anilines is 1. The van der Waals surface area contributed by atoms with Gasteiger partial charge in [0.15, 0.2) is 5.95 Å². The second kappa shape index (κ2) is 4.16. The summed E-state index contributed by atoms with van der Waals surface area (Å²) in [7, 11) is 1.77. The zero-order chi connectivity index (χ0) is 12.6. The highest BCUT2D eigenvalue weighted by Crippen LogP contribution is 2.18. The summed E-state index contributed by atoms with van der Waals surface area (Å²) in [5.41, 5.74) is 7.67. The van der Waals surface area contributed by atoms with E-state index in [9.17, 15) is 8.78 Å². The van der Waals surface area contributed by atoms with Gasteiger partial charge in [-0.05, 0) is 18.6 Å². The molecule has 1 aromatic heterocycles. The Morgan fingerprint density at radius 3 is 2.59 bits per heavy atom. The summed E-state index contributed by atoms with van der Waals surface area (Å²) in [6.45, 7) is 1.81. The number of hydrogen-bond donors (Lipinski definition) is 1. The first kappa shape index (κ1) is 11.6. The van der Waals surface area contributed by atoms with Gasteiger partial charge < -0.3 is 10.3 Å². The molecule has 0 radical (unpaired) electrons. The van der Waals surface area contributed by atoms with Crippen molar-refractivity contribution in [3.05, 3.63) is 46.8 Å². The van der Waals surface area contributed by atoms with Crippen LogP contribution in [-0.4, -0.2) is 9.55 Å². The van der Waals surface area contributed by atoms with Crippen LogP contribution in [0.4, 0.5) is 14.7 Å². The summed E-state index contributed by atoms with van der Waals surface area (Å²) in [4.78, 5) is 4.10. The molecule has 3 nitrogen and oxygen atoms in total. The standard InChI is InChI=1S/C12H13F2N3/c1-7-11(17(2)12(15)16-7)5-8-3-4-9(13)6-10(8)14/h3-4,6H,5H2,1-2H3,(H2,15,16). The quantitative estimate of drug-likeness (QED) is 0.870. The zero-order valence-electron chi connectivity index (χ0n) is 9.67. The molecule has 2 rings (SSSR count). The predicted octanol–water partition coefficient (Wildman–Crippen LogP) is 2.18. The van der Waals surface area contributed by atoms with Crippen molar-refractivity contribution in [1.82, 2.24) is 9.55 Å². The highest BCUT2D eigenvalue weighted by Gasteiger charge is 2.12. The van der Waals surface area contributed by atoms with Crippen LogP contribution in [0, 0.1) is 18.6 Å². The molecular formula is C12H13F2N3. The molecule has 2 aromatic rings. The Kier molecular flexibility index (Phi) is 2.83. The van der Waals surface area contributed by atoms with E-state index in [1.54, 1.807) is 11.6 Å². The van der Waals surface area contributed by atoms with E-state index in [0.29, 0.717) is 17.9 Å². The number of hydrogen-bond acceptors (Lipinski definition) is 2. The van der Waals surface area contributed by atoms with Gasteiger partial charge in [-0.25, -0.2) is 13.8 Å². The molecule has 17 heavy (non-hydrogen) atoms. The molecule has 0 fully saturated rings. The second-order valence-corrected chi connectivity index (χ2v) is 3.97. The van der Waals surface area contributed by atoms with Crippen molar-refractivity contribution in [2.24, 2.45) is 7.05 Å². The number of aryl methyl sites for hydroxylation is 1. The molecule has 1 aromatic carbocycles. The number of nitrogens with zero attached hydrogens (tertiary/aromatic N) is 2. The Hall–Kier alpha value is -1.91. The van der Waals surface area contributed by atoms with Gasteiger partial charge in [0, 0.05) is 25.2 Å². The maximum absolute atomic E-state index is 13.5. The molecule has 0 spiro atoms. The van der Waals surface area contributed by atoms with Gasteiger partial charge in [-0.2, -0.15) is 0 Å². The van der Waals surface area contributed by atoms with Crippen LogP contribution in [0.25, 0.3) is 0 Å². The third-order valence-electron chi connectivity index (χ3n) is 2.82. The van der Waals surface area contributed by atoms with Crippen LogP contribution < -0.4 is 5.73 Å². The van der Waals surface area contributed by atoms with Gasteiger partial charge in [0.05, 0.1) is 5.69 Å². The minimum Gasteiger partial charge on any atom is -0.369 e. The third-order valence-corrected chi connectivity index (χ3v) is 2.82. The number of aromatic nitrogens is 2. The molecule has 0 aliphatic heterocycles. The molecule has 0 unspecified atom stereocenters. The van der Waals surface area contributed by atoms with Crippen molar-refractivity contribution in [2.45, 2.75) is 13.3 Å². The normalized spacial score (nSPS) is 10.8. The number of benzene rings is 1. The predicted molar refractivity (Wildman–Crippen MR) is 61.5 cm³/mol. The smallest absolute Gasteiger partial charge is 0.200 e. The fourth-order valence-electron chi connectivity index (χ4n) is 1.78. The van der Waals surface area contributed by atoms with Crippen molar-refractivity contribution in [1.29, 1.82) is 0 Å². The molecule has 0 atom stereocenters. The number of nitrogen functional groups attached to an aromatic ring is 1. The Bertz CT molecular complexity index is 561. The maximum Gasteiger partial charge on any atom is 0.200 e. The van der Waals surface area contributed by atoms with Gasteiger partial charge in [0.2, 0.25) is 0 Å². The Morgan fingerprint density at radius 1 is 1.35 bits per heavy atom. The molecule has 5 heteroatoms. The summed E-state index contributed by atoms with van der Waals surface area (Å²) < 4.78 is 28.0. The topological polar surface area (TPSA) is 43.8 Å². The summed E-state index contributed by atoms with van der Waals surface area (Å²) in [5.74, 6) is -0.739. The molecule has 90 valence electrons. The van der Waals surface area contributed by atoms with E-state index in [2.05, 4.69) is 4.98 Å². The molecule has 0 bridgehead atoms. The first-order valence-electron chi connectivity index (χ1n) is 5.20. The lowest BCUT2D eigenvalue weighted by atomic mass is 10.1. The van der Waals surface area contributed by atoms with Crippen LogP contribution >= 0.6 is 0 Å². The SMILES string of the molecule is Cc1nc(N)n(C)c1Cc1ccc(F)cc1F. The average molecular weight is 237 g/mol. The lowest BCUT2D eigenvalue weighted by molar-refractivity contribution is 0.573. The van der Waals surface area contributed by atoms with Crippen LogP contribution in [0.15, 0.2) is 18.2 Å². The van der Waals surface area contributed by atoms with Gasteiger partial charge >= 0.3 is 0 Å². The van der Waals surface area contributed by atoms with Crippen LogP contribution in [-0.2, 0) is 13.5 Å². The van der Waals surface area contributed by atoms with Crippen LogP contribution in [0.2, 0.25) is 0 Å². The summed E-state index contributed by atoms with van der Waals surface area (Å²) in [5, 5.41) is 0. The molecule has 0 aliphatic rings. The highest BCUT2D eigenvalue weighted by atomic mass is 19.1. The van der Waals surface area contributed by atoms with Crippen molar-refractivity contribution in [2.75, 3.05) is 5.73 Å². The van der Waals surface area contributed by atoms with E-state index in [1.807, 2.05) is 6.92 Å². The molecule has 0 saturated carbocycles. The molecule has 0 aliphatic carbocycles. The van der Waals surface area contributed by atoms with Gasteiger partial charge in [0.1, 0.15) is 11.6 Å². The zero-order valence-corrected chi connectivity index (χ0v) is 9.67. The van der Waals surface area contributed by atoms with E-state index in [-0.39, 0.29) is 0 Å². The number of nitrogens with two attached hydrogens (primary N) is 1. The minimum absolute atomic E-state index is 0.346. The van der Waals surface area contributed by atoms with E-state index < -0.39 is 11.6 Å². The fraction of sp³-hybridized carbons (Fsp3) is 0.250. The van der Waals surface area contributed by atoms with Crippen molar-refractivity contribution in [3.63, 3.8) is 0 Å². The molecule has 2 N–H and O–H groups in total. The van der Waals surface area contributed by atoms with Crippen molar-refractivity contribution in [3.8, 4) is 0 Å². The maximum atomic E-state index is 13.5. The van der Waals surface area contributed by atoms with E-state index in [1.165, 1.54) is 12.1 Å². The van der Waals surface area contributed by atoms with Crippen molar-refractivity contribution < 1.29 is 8.78 Å². The van der Waals surface area contributed by atoms with Gasteiger partial charge in [-0.3, -0.25) is 0 Å². The Balaban J connectivity index is 2.38. The minimum atomic E-state index is -0.576. The Morgan fingerprint density at radius 2 is 2.06 bits per heavy atom. The largest absolute Gasteiger partial charge is 0.369 e. The van der Waals surface area contributed by atoms with Crippen molar-refractivity contribution >= 4 is 5.95 Å². The number of rotatable bonds is 2. The summed E-state index contributed by atoms with van der Waals surface area (Å²) >= 11 is 0. The van der Waals surface area contributed by atoms with Crippen LogP contribution in [0.1, 0.15) is 17.0 Å². The number of imidazole rings is 1. The fourth-order valence-corrected chi connectivity index (χ4v) is 1.78. The van der Waals surface area contributed by atoms with Gasteiger partial charge in [-0.1, -0.05) is 6.07 Å². The van der Waals surface area contributed by atoms with Gasteiger partial charge in [0.25, 0.3) is 0 Å². The first-order valence-corrected chi connectivity index (χ1v) is 5.20. The number of halogens is 2. The first-order chi connectivity index (χ1) is 7.99. The van der Waals surface area contributed by atoms with Crippen LogP contribution in [0.3, 0.4) is 0 Å². The molecule has 0 amide bonds. The van der Waals surface area contributed by atoms with Crippen LogP contribution in [0.5, 0.6) is 0 Å². The van der Waals surface area contributed by atoms with E-state index >= 15 is 0 Å². The third kappa shape index (κ3) is 2.13. The molecule has 0 saturated heterocycles. The molecule has 1 heterocycles.